The molecule has 0 saturated heterocycles. The van der Waals surface area contributed by atoms with Gasteiger partial charge >= 0.3 is 0 Å². The van der Waals surface area contributed by atoms with Crippen molar-refractivity contribution in [3.8, 4) is 0 Å². The van der Waals surface area contributed by atoms with Gasteiger partial charge in [0.1, 0.15) is 13.9 Å². The lowest BCUT2D eigenvalue weighted by Crippen LogP contribution is -2.50. The van der Waals surface area contributed by atoms with Crippen LogP contribution in [0.25, 0.3) is 0 Å². The van der Waals surface area contributed by atoms with E-state index in [0.29, 0.717) is 12.8 Å². The lowest BCUT2D eigenvalue weighted by molar-refractivity contribution is -0.0287. The lowest BCUT2D eigenvalue weighted by atomic mass is 9.85. The molecule has 1 aliphatic rings. The van der Waals surface area contributed by atoms with Crippen molar-refractivity contribution in [1.29, 1.82) is 0 Å². The van der Waals surface area contributed by atoms with Crippen LogP contribution in [0.15, 0.2) is 84.0 Å². The fourth-order valence-corrected chi connectivity index (χ4v) is 10.2. The first kappa shape index (κ1) is 37.9. The smallest absolute Gasteiger partial charge is 0.192 e. The van der Waals surface area contributed by atoms with Gasteiger partial charge in [-0.3, -0.25) is 0 Å². The van der Waals surface area contributed by atoms with Gasteiger partial charge in [-0.1, -0.05) is 120 Å². The molecule has 5 nitrogen and oxygen atoms in total. The molecular weight excluding hydrogens is 612 g/mol. The molecule has 0 heterocycles. The average Bonchev–Trinajstić information content (AvgIpc) is 2.96. The summed E-state index contributed by atoms with van der Waals surface area (Å²) in [6, 6.07) is 19.9. The van der Waals surface area contributed by atoms with Gasteiger partial charge in [-0.2, -0.15) is 0 Å². The predicted molar refractivity (Wildman–Crippen MR) is 197 cm³/mol. The molecule has 3 rings (SSSR count). The Morgan fingerprint density at radius 1 is 0.756 bits per heavy atom. The summed E-state index contributed by atoms with van der Waals surface area (Å²) >= 11 is 0. The Labute approximate surface area is 276 Å². The summed E-state index contributed by atoms with van der Waals surface area (Å²) in [7, 11) is -5.51. The van der Waals surface area contributed by atoms with Crippen LogP contribution in [0.2, 0.25) is 36.3 Å². The van der Waals surface area contributed by atoms with E-state index in [2.05, 4.69) is 79.9 Å². The fourth-order valence-electron chi connectivity index (χ4n) is 5.12. The molecule has 1 aliphatic carbocycles. The molecule has 0 aliphatic heterocycles. The Morgan fingerprint density at radius 3 is 1.60 bits per heavy atom. The standard InChI is InChI=1S/C37H59O5PSi2/c1-36(2,3)44(8,9)41-34-27-30(24-26-43(38,31-19-14-12-15-20-31)32-21-16-13-17-22-32)28-35(42-45(10,11)37(4,5)6)33(34)23-18-25-40-29-39-7/h12-17,19-24,34-35H,18,25-29H2,1-11H3/t34-,35+. The SMILES string of the molecule is COCOCCC=C1[C@@H](O[Si](C)(C)C(C)(C)C)CC(=CCP(=O)(c2ccccc2)c2ccccc2)C[C@H]1O[Si](C)(C)C(C)(C)C. The minimum absolute atomic E-state index is 0.0626. The highest BCUT2D eigenvalue weighted by atomic mass is 31.2. The van der Waals surface area contributed by atoms with Crippen LogP contribution in [0.3, 0.4) is 0 Å². The third kappa shape index (κ3) is 9.96. The van der Waals surface area contributed by atoms with E-state index in [4.69, 9.17) is 18.3 Å². The number of methoxy groups -OCH3 is 1. The van der Waals surface area contributed by atoms with Gasteiger partial charge in [0, 0.05) is 23.9 Å². The van der Waals surface area contributed by atoms with Gasteiger partial charge in [0.15, 0.2) is 16.6 Å². The van der Waals surface area contributed by atoms with Gasteiger partial charge in [0.05, 0.1) is 18.8 Å². The lowest BCUT2D eigenvalue weighted by Gasteiger charge is -2.46. The third-order valence-electron chi connectivity index (χ3n) is 9.95. The molecule has 0 amide bonds. The van der Waals surface area contributed by atoms with Crippen LogP contribution in [-0.2, 0) is 22.9 Å². The fraction of sp³-hybridized carbons (Fsp3) is 0.568. The van der Waals surface area contributed by atoms with Crippen molar-refractivity contribution < 1.29 is 22.9 Å². The molecule has 45 heavy (non-hydrogen) atoms. The van der Waals surface area contributed by atoms with Gasteiger partial charge in [-0.25, -0.2) is 0 Å². The molecule has 1 saturated carbocycles. The molecule has 0 radical (unpaired) electrons. The highest BCUT2D eigenvalue weighted by Gasteiger charge is 2.45. The Balaban J connectivity index is 2.08. The van der Waals surface area contributed by atoms with Crippen LogP contribution >= 0.6 is 7.14 Å². The summed E-state index contributed by atoms with van der Waals surface area (Å²) in [6.07, 6.45) is 7.15. The highest BCUT2D eigenvalue weighted by Crippen LogP contribution is 2.47. The number of rotatable bonds is 13. The minimum Gasteiger partial charge on any atom is -0.410 e. The van der Waals surface area contributed by atoms with Gasteiger partial charge < -0.3 is 22.9 Å². The van der Waals surface area contributed by atoms with E-state index in [0.717, 1.165) is 29.9 Å². The first-order chi connectivity index (χ1) is 20.9. The van der Waals surface area contributed by atoms with Crippen LogP contribution in [0, 0.1) is 0 Å². The number of ether oxygens (including phenoxy) is 2. The average molecular weight is 671 g/mol. The van der Waals surface area contributed by atoms with E-state index >= 15 is 0 Å². The van der Waals surface area contributed by atoms with E-state index in [-0.39, 0.29) is 29.1 Å². The Bertz CT molecular complexity index is 1240. The number of benzene rings is 2. The van der Waals surface area contributed by atoms with Gasteiger partial charge in [-0.05, 0) is 61.1 Å². The molecule has 250 valence electrons. The first-order valence-electron chi connectivity index (χ1n) is 16.4. The maximum Gasteiger partial charge on any atom is 0.192 e. The maximum absolute atomic E-state index is 14.9. The van der Waals surface area contributed by atoms with E-state index in [9.17, 15) is 4.57 Å². The summed E-state index contributed by atoms with van der Waals surface area (Å²) in [4.78, 5) is 0. The van der Waals surface area contributed by atoms with Crippen molar-refractivity contribution in [3.63, 3.8) is 0 Å². The van der Waals surface area contributed by atoms with E-state index < -0.39 is 23.8 Å². The molecule has 2 aromatic carbocycles. The number of allylic oxidation sites excluding steroid dienone is 1. The summed E-state index contributed by atoms with van der Waals surface area (Å²) in [5.41, 5.74) is 2.50. The van der Waals surface area contributed by atoms with Crippen molar-refractivity contribution in [2.75, 3.05) is 26.7 Å². The molecule has 0 N–H and O–H groups in total. The molecule has 0 unspecified atom stereocenters. The topological polar surface area (TPSA) is 54.0 Å². The zero-order valence-corrected chi connectivity index (χ0v) is 32.7. The van der Waals surface area contributed by atoms with Crippen molar-refractivity contribution >= 4 is 34.4 Å². The van der Waals surface area contributed by atoms with Crippen molar-refractivity contribution in [3.05, 3.63) is 84.0 Å². The number of hydrogen-bond donors (Lipinski definition) is 0. The molecular formula is C37H59O5PSi2. The van der Waals surface area contributed by atoms with Gasteiger partial charge in [-0.15, -0.1) is 0 Å². The van der Waals surface area contributed by atoms with E-state index in [1.807, 2.05) is 60.7 Å². The van der Waals surface area contributed by atoms with Crippen LogP contribution in [0.4, 0.5) is 0 Å². The largest absolute Gasteiger partial charge is 0.410 e. The molecule has 1 fully saturated rings. The Kier molecular flexibility index (Phi) is 13.1. The summed E-state index contributed by atoms with van der Waals surface area (Å²) in [5, 5.41) is 1.91. The van der Waals surface area contributed by atoms with Gasteiger partial charge in [0.25, 0.3) is 0 Å². The minimum atomic E-state index is -2.89. The molecule has 0 spiro atoms. The maximum atomic E-state index is 14.9. The molecule has 2 atom stereocenters. The molecule has 0 aromatic heterocycles. The van der Waals surface area contributed by atoms with Crippen LogP contribution in [0.5, 0.6) is 0 Å². The zero-order valence-electron chi connectivity index (χ0n) is 29.8. The summed E-state index contributed by atoms with van der Waals surface area (Å²) in [5.74, 6) is 0. The predicted octanol–water partition coefficient (Wildman–Crippen LogP) is 9.44. The number of hydrogen-bond acceptors (Lipinski definition) is 5. The third-order valence-corrected chi connectivity index (χ3v) is 21.9. The van der Waals surface area contributed by atoms with Crippen LogP contribution < -0.4 is 10.6 Å². The molecule has 2 aromatic rings. The Morgan fingerprint density at radius 2 is 1.20 bits per heavy atom. The van der Waals surface area contributed by atoms with Crippen molar-refractivity contribution in [2.45, 2.75) is 109 Å². The monoisotopic (exact) mass is 670 g/mol. The second-order valence-electron chi connectivity index (χ2n) is 15.4. The van der Waals surface area contributed by atoms with Gasteiger partial charge in [0.2, 0.25) is 0 Å². The highest BCUT2D eigenvalue weighted by molar-refractivity contribution is 7.78. The van der Waals surface area contributed by atoms with Crippen LogP contribution in [-0.4, -0.2) is 55.5 Å². The second-order valence-corrected chi connectivity index (χ2v) is 27.8. The van der Waals surface area contributed by atoms with E-state index in [1.54, 1.807) is 7.11 Å². The zero-order chi connectivity index (χ0) is 33.5. The van der Waals surface area contributed by atoms with Crippen molar-refractivity contribution in [2.24, 2.45) is 0 Å². The normalized spacial score (nSPS) is 20.6. The summed E-state index contributed by atoms with van der Waals surface area (Å²) < 4.78 is 40.1. The summed E-state index contributed by atoms with van der Waals surface area (Å²) in [6.45, 7) is 23.9. The second kappa shape index (κ2) is 15.5. The first-order valence-corrected chi connectivity index (χ1v) is 24.1. The van der Waals surface area contributed by atoms with Crippen molar-refractivity contribution in [1.82, 2.24) is 0 Å². The van der Waals surface area contributed by atoms with E-state index in [1.165, 1.54) is 11.1 Å². The molecule has 8 heteroatoms. The molecule has 0 bridgehead atoms. The van der Waals surface area contributed by atoms with Crippen LogP contribution in [0.1, 0.15) is 60.8 Å². The quantitative estimate of drug-likeness (QED) is 0.0699. The Hall–Kier alpha value is -1.58.